The molecule has 3 nitrogen and oxygen atoms in total. The summed E-state index contributed by atoms with van der Waals surface area (Å²) in [6, 6.07) is 11.6. The molecule has 26 heavy (non-hydrogen) atoms. The molecule has 1 atom stereocenters. The van der Waals surface area contributed by atoms with Crippen LogP contribution in [0.4, 0.5) is 0 Å². The second kappa shape index (κ2) is 7.94. The van der Waals surface area contributed by atoms with Gasteiger partial charge in [0.05, 0.1) is 6.10 Å². The molecular weight excluding hydrogens is 323 g/mol. The van der Waals surface area contributed by atoms with Crippen molar-refractivity contribution in [3.63, 3.8) is 0 Å². The fourth-order valence-electron chi connectivity index (χ4n) is 3.48. The minimum Gasteiger partial charge on any atom is -0.507 e. The van der Waals surface area contributed by atoms with E-state index in [4.69, 9.17) is 4.65 Å². The summed E-state index contributed by atoms with van der Waals surface area (Å²) in [6.45, 7) is 8.10. The van der Waals surface area contributed by atoms with E-state index < -0.39 is 7.12 Å². The highest BCUT2D eigenvalue weighted by Crippen LogP contribution is 2.30. The lowest BCUT2D eigenvalue weighted by Crippen LogP contribution is -2.31. The molecule has 0 amide bonds. The van der Waals surface area contributed by atoms with E-state index in [0.717, 1.165) is 40.3 Å². The van der Waals surface area contributed by atoms with Gasteiger partial charge in [0.2, 0.25) is 0 Å². The third-order valence-corrected chi connectivity index (χ3v) is 4.84. The van der Waals surface area contributed by atoms with Crippen molar-refractivity contribution in [3.8, 4) is 5.75 Å². The van der Waals surface area contributed by atoms with Crippen LogP contribution in [0.3, 0.4) is 0 Å². The molecule has 4 heteroatoms. The predicted molar refractivity (Wildman–Crippen MR) is 109 cm³/mol. The van der Waals surface area contributed by atoms with Crippen molar-refractivity contribution in [2.24, 2.45) is 0 Å². The molecule has 0 spiro atoms. The zero-order valence-electron chi connectivity index (χ0n) is 15.4. The largest absolute Gasteiger partial charge is 0.507 e. The van der Waals surface area contributed by atoms with Crippen LogP contribution in [0.25, 0.3) is 16.8 Å². The van der Waals surface area contributed by atoms with Crippen LogP contribution in [0, 0.1) is 0 Å². The molecule has 0 bridgehead atoms. The Labute approximate surface area is 155 Å². The predicted octanol–water partition coefficient (Wildman–Crippen LogP) is 5.11. The van der Waals surface area contributed by atoms with E-state index in [9.17, 15) is 10.1 Å². The number of benzene rings is 2. The molecule has 2 aromatic carbocycles. The van der Waals surface area contributed by atoms with E-state index in [1.165, 1.54) is 5.57 Å². The summed E-state index contributed by atoms with van der Waals surface area (Å²) in [6.07, 6.45) is 6.26. The molecule has 1 aliphatic heterocycles. The average molecular weight is 348 g/mol. The van der Waals surface area contributed by atoms with E-state index in [0.29, 0.717) is 12.1 Å². The highest BCUT2D eigenvalue weighted by Gasteiger charge is 2.26. The minimum absolute atomic E-state index is 0.115. The zero-order chi connectivity index (χ0) is 18.7. The topological polar surface area (TPSA) is 49.7 Å². The highest BCUT2D eigenvalue weighted by atomic mass is 16.5. The number of rotatable bonds is 5. The van der Waals surface area contributed by atoms with E-state index in [-0.39, 0.29) is 6.10 Å². The maximum atomic E-state index is 10.0. The Morgan fingerprint density at radius 3 is 2.69 bits per heavy atom. The molecule has 0 radical (unpaired) electrons. The summed E-state index contributed by atoms with van der Waals surface area (Å²) in [7, 11) is -0.728. The van der Waals surface area contributed by atoms with Crippen molar-refractivity contribution >= 4 is 24.0 Å². The van der Waals surface area contributed by atoms with Crippen LogP contribution in [-0.2, 0) is 4.65 Å². The molecule has 1 heterocycles. The van der Waals surface area contributed by atoms with Crippen molar-refractivity contribution in [3.05, 3.63) is 71.3 Å². The zero-order valence-corrected chi connectivity index (χ0v) is 15.4. The molecule has 1 unspecified atom stereocenters. The lowest BCUT2D eigenvalue weighted by atomic mass is 9.78. The summed E-state index contributed by atoms with van der Waals surface area (Å²) >= 11 is 0. The Bertz CT molecular complexity index is 882. The van der Waals surface area contributed by atoms with Crippen molar-refractivity contribution in [2.75, 3.05) is 0 Å². The normalized spacial score (nSPS) is 18.1. The standard InChI is InChI=1S/C22H25BO3/c1-15(2)18-12-13-23(25)26-22(18)11-8-16(3)14-17-9-10-21(24)20-7-5-4-6-19(17)20/h4-7,9-10,12,14,22,24-25H,1,8,11,13H2,2-3H3/b16-14+. The Morgan fingerprint density at radius 2 is 1.96 bits per heavy atom. The monoisotopic (exact) mass is 348 g/mol. The molecule has 2 N–H and O–H groups in total. The fraction of sp³-hybridized carbons (Fsp3) is 0.273. The minimum atomic E-state index is -0.728. The SMILES string of the molecule is C=C(C)C1=CCB(O)OC1CC/C(C)=C/c1ccc(O)c2ccccc12. The van der Waals surface area contributed by atoms with Crippen LogP contribution in [0.1, 0.15) is 32.3 Å². The van der Waals surface area contributed by atoms with Crippen LogP contribution < -0.4 is 0 Å². The summed E-state index contributed by atoms with van der Waals surface area (Å²) in [4.78, 5) is 0. The van der Waals surface area contributed by atoms with Crippen molar-refractivity contribution in [1.29, 1.82) is 0 Å². The van der Waals surface area contributed by atoms with Gasteiger partial charge in [-0.2, -0.15) is 0 Å². The first kappa shape index (κ1) is 18.5. The maximum Gasteiger partial charge on any atom is 0.458 e. The number of hydrogen-bond donors (Lipinski definition) is 2. The molecule has 0 fully saturated rings. The number of aromatic hydroxyl groups is 1. The Hall–Kier alpha value is -2.30. The average Bonchev–Trinajstić information content (AvgIpc) is 2.62. The lowest BCUT2D eigenvalue weighted by molar-refractivity contribution is 0.183. The van der Waals surface area contributed by atoms with Gasteiger partial charge in [0.15, 0.2) is 0 Å². The number of phenols is 1. The maximum absolute atomic E-state index is 10.0. The van der Waals surface area contributed by atoms with Gasteiger partial charge in [-0.25, -0.2) is 0 Å². The van der Waals surface area contributed by atoms with E-state index in [2.05, 4.69) is 19.6 Å². The Balaban J connectivity index is 1.77. The molecule has 0 aliphatic carbocycles. The summed E-state index contributed by atoms with van der Waals surface area (Å²) in [5, 5.41) is 21.7. The molecule has 134 valence electrons. The summed E-state index contributed by atoms with van der Waals surface area (Å²) in [5.74, 6) is 0.302. The second-order valence-electron chi connectivity index (χ2n) is 7.00. The molecule has 1 aliphatic rings. The Kier molecular flexibility index (Phi) is 5.65. The van der Waals surface area contributed by atoms with Gasteiger partial charge in [0, 0.05) is 11.7 Å². The van der Waals surface area contributed by atoms with Gasteiger partial charge in [-0.3, -0.25) is 0 Å². The van der Waals surface area contributed by atoms with E-state index >= 15 is 0 Å². The molecule has 3 rings (SSSR count). The van der Waals surface area contributed by atoms with Gasteiger partial charge < -0.3 is 14.8 Å². The van der Waals surface area contributed by atoms with Crippen molar-refractivity contribution < 1.29 is 14.8 Å². The van der Waals surface area contributed by atoms with Gasteiger partial charge in [-0.05, 0) is 49.3 Å². The van der Waals surface area contributed by atoms with Gasteiger partial charge in [0.1, 0.15) is 5.75 Å². The third-order valence-electron chi connectivity index (χ3n) is 4.84. The second-order valence-corrected chi connectivity index (χ2v) is 7.00. The third kappa shape index (κ3) is 4.09. The van der Waals surface area contributed by atoms with Crippen LogP contribution in [-0.4, -0.2) is 23.4 Å². The van der Waals surface area contributed by atoms with Crippen molar-refractivity contribution in [2.45, 2.75) is 39.1 Å². The molecule has 0 aromatic heterocycles. The number of allylic oxidation sites excluding steroid dienone is 2. The van der Waals surface area contributed by atoms with Crippen LogP contribution in [0.2, 0.25) is 6.32 Å². The van der Waals surface area contributed by atoms with E-state index in [1.807, 2.05) is 43.3 Å². The molecule has 0 saturated carbocycles. The highest BCUT2D eigenvalue weighted by molar-refractivity contribution is 6.43. The van der Waals surface area contributed by atoms with Crippen LogP contribution >= 0.6 is 0 Å². The summed E-state index contributed by atoms with van der Waals surface area (Å²) < 4.78 is 5.71. The smallest absolute Gasteiger partial charge is 0.458 e. The Morgan fingerprint density at radius 1 is 1.23 bits per heavy atom. The van der Waals surface area contributed by atoms with Gasteiger partial charge in [-0.1, -0.05) is 60.2 Å². The first-order valence-corrected chi connectivity index (χ1v) is 9.03. The molecular formula is C22H25BO3. The van der Waals surface area contributed by atoms with Gasteiger partial charge in [-0.15, -0.1) is 0 Å². The van der Waals surface area contributed by atoms with E-state index in [1.54, 1.807) is 6.07 Å². The van der Waals surface area contributed by atoms with Crippen molar-refractivity contribution in [1.82, 2.24) is 0 Å². The quantitative estimate of drug-likeness (QED) is 0.738. The first-order valence-electron chi connectivity index (χ1n) is 9.03. The lowest BCUT2D eigenvalue weighted by Gasteiger charge is -2.27. The fourth-order valence-corrected chi connectivity index (χ4v) is 3.48. The number of fused-ring (bicyclic) bond motifs is 1. The molecule has 2 aromatic rings. The summed E-state index contributed by atoms with van der Waals surface area (Å²) in [5.41, 5.74) is 4.41. The van der Waals surface area contributed by atoms with Gasteiger partial charge in [0.25, 0.3) is 0 Å². The first-order chi connectivity index (χ1) is 12.5. The number of hydrogen-bond acceptors (Lipinski definition) is 3. The van der Waals surface area contributed by atoms with Gasteiger partial charge >= 0.3 is 7.12 Å². The van der Waals surface area contributed by atoms with Crippen LogP contribution in [0.15, 0.2) is 65.8 Å². The molecule has 0 saturated heterocycles. The number of phenolic OH excluding ortho intramolecular Hbond substituents is 1. The van der Waals surface area contributed by atoms with Crippen LogP contribution in [0.5, 0.6) is 5.75 Å².